The van der Waals surface area contributed by atoms with E-state index in [1.807, 2.05) is 31.3 Å². The number of carbonyl (C=O) groups is 1. The highest BCUT2D eigenvalue weighted by molar-refractivity contribution is 5.59. The number of nitrogens with zero attached hydrogens (tertiary/aromatic N) is 2. The van der Waals surface area contributed by atoms with Crippen LogP contribution in [0.5, 0.6) is 0 Å². The topological polar surface area (TPSA) is 58.1 Å². The average molecular weight is 285 g/mol. The zero-order chi connectivity index (χ0) is 14.8. The average Bonchev–Trinajstić information content (AvgIpc) is 2.89. The number of aryl methyl sites for hydroxylation is 1. The van der Waals surface area contributed by atoms with Gasteiger partial charge in [-0.05, 0) is 31.4 Å². The number of benzene rings is 1. The molecule has 0 unspecified atom stereocenters. The number of amides is 1. The van der Waals surface area contributed by atoms with Crippen molar-refractivity contribution in [2.45, 2.75) is 25.8 Å². The Kier molecular flexibility index (Phi) is 3.64. The lowest BCUT2D eigenvalue weighted by atomic mass is 10.1. The van der Waals surface area contributed by atoms with Crippen molar-refractivity contribution in [3.05, 3.63) is 46.5 Å². The van der Waals surface area contributed by atoms with Crippen LogP contribution in [0.15, 0.2) is 35.3 Å². The molecule has 2 heterocycles. The van der Waals surface area contributed by atoms with E-state index in [9.17, 15) is 9.59 Å². The number of likely N-dealkylation sites (tertiary alicyclic amines) is 1. The highest BCUT2D eigenvalue weighted by Crippen LogP contribution is 2.23. The van der Waals surface area contributed by atoms with E-state index >= 15 is 0 Å². The van der Waals surface area contributed by atoms with E-state index in [-0.39, 0.29) is 11.7 Å². The highest BCUT2D eigenvalue weighted by Gasteiger charge is 2.21. The van der Waals surface area contributed by atoms with E-state index in [4.69, 9.17) is 0 Å². The fourth-order valence-electron chi connectivity index (χ4n) is 2.91. The van der Waals surface area contributed by atoms with Gasteiger partial charge in [-0.1, -0.05) is 23.8 Å². The smallest absolute Gasteiger partial charge is 0.326 e. The molecule has 1 aliphatic heterocycles. The third-order valence-electron chi connectivity index (χ3n) is 4.11. The largest absolute Gasteiger partial charge is 0.345 e. The number of imidazole rings is 1. The number of hydrogen-bond acceptors (Lipinski definition) is 2. The van der Waals surface area contributed by atoms with Crippen LogP contribution in [0, 0.1) is 6.92 Å². The molecule has 21 heavy (non-hydrogen) atoms. The van der Waals surface area contributed by atoms with E-state index in [2.05, 4.69) is 11.1 Å². The fourth-order valence-corrected chi connectivity index (χ4v) is 2.91. The van der Waals surface area contributed by atoms with Crippen molar-refractivity contribution in [1.82, 2.24) is 14.5 Å². The normalized spacial score (nSPS) is 16.1. The minimum atomic E-state index is -0.0731. The van der Waals surface area contributed by atoms with Gasteiger partial charge in [-0.25, -0.2) is 4.79 Å². The van der Waals surface area contributed by atoms with Gasteiger partial charge >= 0.3 is 5.69 Å². The van der Waals surface area contributed by atoms with Crippen molar-refractivity contribution in [2.24, 2.45) is 0 Å². The molecule has 1 amide bonds. The Bertz CT molecular complexity index is 694. The minimum Gasteiger partial charge on any atom is -0.345 e. The number of rotatable bonds is 3. The van der Waals surface area contributed by atoms with Crippen molar-refractivity contribution >= 4 is 6.41 Å². The zero-order valence-electron chi connectivity index (χ0n) is 12.1. The van der Waals surface area contributed by atoms with Crippen LogP contribution in [0.1, 0.15) is 24.4 Å². The first kappa shape index (κ1) is 13.7. The summed E-state index contributed by atoms with van der Waals surface area (Å²) < 4.78 is 1.78. The number of carbonyl (C=O) groups excluding carboxylic acids is 1. The van der Waals surface area contributed by atoms with Gasteiger partial charge in [0.25, 0.3) is 0 Å². The molecule has 0 bridgehead atoms. The molecule has 1 saturated heterocycles. The standard InChI is InChI=1S/C16H19N3O2/c1-12-3-2-4-13(9-12)15-10-19(16(21)17-15)14-5-7-18(11-20)8-6-14/h2-4,9-11,14H,5-8H2,1H3,(H,17,21). The lowest BCUT2D eigenvalue weighted by molar-refractivity contribution is -0.119. The number of piperidine rings is 1. The summed E-state index contributed by atoms with van der Waals surface area (Å²) in [6, 6.07) is 8.25. The molecule has 5 nitrogen and oxygen atoms in total. The Balaban J connectivity index is 1.85. The molecule has 0 saturated carbocycles. The molecule has 1 N–H and O–H groups in total. The number of H-pyrrole nitrogens is 1. The second-order valence-corrected chi connectivity index (χ2v) is 5.62. The summed E-state index contributed by atoms with van der Waals surface area (Å²) in [5.41, 5.74) is 2.97. The summed E-state index contributed by atoms with van der Waals surface area (Å²) in [7, 11) is 0. The summed E-state index contributed by atoms with van der Waals surface area (Å²) in [5, 5.41) is 0. The Hall–Kier alpha value is -2.30. The molecule has 5 heteroatoms. The number of aromatic amines is 1. The number of hydrogen-bond donors (Lipinski definition) is 1. The lowest BCUT2D eigenvalue weighted by Gasteiger charge is -2.29. The van der Waals surface area contributed by atoms with Gasteiger partial charge in [-0.15, -0.1) is 0 Å². The molecule has 1 aromatic heterocycles. The van der Waals surface area contributed by atoms with Gasteiger partial charge in [0.05, 0.1) is 5.69 Å². The van der Waals surface area contributed by atoms with Crippen LogP contribution in [0.25, 0.3) is 11.3 Å². The summed E-state index contributed by atoms with van der Waals surface area (Å²) in [4.78, 5) is 27.6. The van der Waals surface area contributed by atoms with E-state index in [0.29, 0.717) is 13.1 Å². The SMILES string of the molecule is Cc1cccc(-c2cn(C3CCN(C=O)CC3)c(=O)[nH]2)c1. The van der Waals surface area contributed by atoms with Crippen molar-refractivity contribution in [1.29, 1.82) is 0 Å². The van der Waals surface area contributed by atoms with Crippen LogP contribution in [-0.2, 0) is 4.79 Å². The maximum absolute atomic E-state index is 12.2. The third-order valence-corrected chi connectivity index (χ3v) is 4.11. The first-order valence-electron chi connectivity index (χ1n) is 7.25. The Morgan fingerprint density at radius 1 is 1.29 bits per heavy atom. The van der Waals surface area contributed by atoms with E-state index in [1.54, 1.807) is 9.47 Å². The molecule has 2 aromatic rings. The van der Waals surface area contributed by atoms with Gasteiger partial charge in [0, 0.05) is 25.3 Å². The quantitative estimate of drug-likeness (QED) is 0.876. The van der Waals surface area contributed by atoms with Gasteiger partial charge < -0.3 is 9.88 Å². The van der Waals surface area contributed by atoms with Crippen molar-refractivity contribution < 1.29 is 4.79 Å². The molecule has 0 spiro atoms. The maximum Gasteiger partial charge on any atom is 0.326 e. The van der Waals surface area contributed by atoms with Gasteiger partial charge in [-0.2, -0.15) is 0 Å². The second-order valence-electron chi connectivity index (χ2n) is 5.62. The van der Waals surface area contributed by atoms with E-state index in [0.717, 1.165) is 30.5 Å². The summed E-state index contributed by atoms with van der Waals surface area (Å²) in [6.45, 7) is 3.46. The monoisotopic (exact) mass is 285 g/mol. The van der Waals surface area contributed by atoms with E-state index < -0.39 is 0 Å². The Labute approximate surface area is 123 Å². The van der Waals surface area contributed by atoms with Crippen LogP contribution in [0.4, 0.5) is 0 Å². The van der Waals surface area contributed by atoms with Crippen LogP contribution < -0.4 is 5.69 Å². The minimum absolute atomic E-state index is 0.0731. The summed E-state index contributed by atoms with van der Waals surface area (Å²) >= 11 is 0. The first-order chi connectivity index (χ1) is 10.2. The third kappa shape index (κ3) is 2.77. The van der Waals surface area contributed by atoms with Gasteiger partial charge in [0.15, 0.2) is 0 Å². The number of nitrogens with one attached hydrogen (secondary N) is 1. The van der Waals surface area contributed by atoms with Crippen LogP contribution in [-0.4, -0.2) is 34.0 Å². The van der Waals surface area contributed by atoms with Gasteiger partial charge in [-0.3, -0.25) is 9.36 Å². The van der Waals surface area contributed by atoms with Crippen LogP contribution >= 0.6 is 0 Å². The van der Waals surface area contributed by atoms with Gasteiger partial charge in [0.2, 0.25) is 6.41 Å². The molecule has 1 aliphatic rings. The molecule has 0 atom stereocenters. The fraction of sp³-hybridized carbons (Fsp3) is 0.375. The molecule has 0 aliphatic carbocycles. The molecular weight excluding hydrogens is 266 g/mol. The molecule has 1 fully saturated rings. The molecule has 0 radical (unpaired) electrons. The first-order valence-corrected chi connectivity index (χ1v) is 7.25. The Morgan fingerprint density at radius 3 is 2.71 bits per heavy atom. The predicted molar refractivity (Wildman–Crippen MR) is 81.1 cm³/mol. The van der Waals surface area contributed by atoms with Crippen LogP contribution in [0.3, 0.4) is 0 Å². The van der Waals surface area contributed by atoms with Crippen LogP contribution in [0.2, 0.25) is 0 Å². The summed E-state index contributed by atoms with van der Waals surface area (Å²) in [6.07, 6.45) is 4.43. The van der Waals surface area contributed by atoms with Crippen molar-refractivity contribution in [3.8, 4) is 11.3 Å². The van der Waals surface area contributed by atoms with E-state index in [1.165, 1.54) is 5.56 Å². The summed E-state index contributed by atoms with van der Waals surface area (Å²) in [5.74, 6) is 0. The maximum atomic E-state index is 12.2. The molecule has 3 rings (SSSR count). The molecular formula is C16H19N3O2. The predicted octanol–water partition coefficient (Wildman–Crippen LogP) is 1.95. The second kappa shape index (κ2) is 5.60. The number of aromatic nitrogens is 2. The lowest BCUT2D eigenvalue weighted by Crippen LogP contribution is -2.35. The van der Waals surface area contributed by atoms with Crippen molar-refractivity contribution in [2.75, 3.05) is 13.1 Å². The Morgan fingerprint density at radius 2 is 2.05 bits per heavy atom. The zero-order valence-corrected chi connectivity index (χ0v) is 12.1. The molecule has 110 valence electrons. The van der Waals surface area contributed by atoms with Crippen molar-refractivity contribution in [3.63, 3.8) is 0 Å². The van der Waals surface area contributed by atoms with Gasteiger partial charge in [0.1, 0.15) is 0 Å². The highest BCUT2D eigenvalue weighted by atomic mass is 16.1. The molecule has 1 aromatic carbocycles.